The molecule has 8 nitrogen and oxygen atoms in total. The predicted molar refractivity (Wildman–Crippen MR) is 135 cm³/mol. The van der Waals surface area contributed by atoms with E-state index in [2.05, 4.69) is 28.1 Å². The van der Waals surface area contributed by atoms with Crippen LogP contribution in [-0.2, 0) is 19.1 Å². The molecular weight excluding hydrogens is 446 g/mol. The summed E-state index contributed by atoms with van der Waals surface area (Å²) < 4.78 is 5.55. The molecule has 35 heavy (non-hydrogen) atoms. The van der Waals surface area contributed by atoms with Crippen molar-refractivity contribution in [3.05, 3.63) is 48.0 Å². The maximum Gasteiger partial charge on any atom is 0.407 e. The first kappa shape index (κ1) is 28.1. The second-order valence-corrected chi connectivity index (χ2v) is 9.61. The zero-order chi connectivity index (χ0) is 25.7. The zero-order valence-electron chi connectivity index (χ0n) is 20.9. The van der Waals surface area contributed by atoms with Gasteiger partial charge in [-0.3, -0.25) is 9.59 Å². The molecule has 3 amide bonds. The summed E-state index contributed by atoms with van der Waals surface area (Å²) in [5.41, 5.74) is 0.627. The molecule has 0 saturated carbocycles. The van der Waals surface area contributed by atoms with E-state index in [-0.39, 0.29) is 30.3 Å². The van der Waals surface area contributed by atoms with Gasteiger partial charge < -0.3 is 25.5 Å². The lowest BCUT2D eigenvalue weighted by Gasteiger charge is -2.26. The molecule has 3 unspecified atom stereocenters. The summed E-state index contributed by atoms with van der Waals surface area (Å²) in [6.07, 6.45) is 7.79. The normalized spacial score (nSPS) is 27.1. The number of rotatable bonds is 3. The topological polar surface area (TPSA) is 114 Å². The Morgan fingerprint density at radius 3 is 2.37 bits per heavy atom. The molecule has 1 fully saturated rings. The summed E-state index contributed by atoms with van der Waals surface area (Å²) in [7, 11) is 0. The SMILES string of the molecule is C=O.CC(C)CC1NC(=O)OCC(c2ccccc2)CC/C=C/CC2(CCNC1=O)CCNC2=O. The lowest BCUT2D eigenvalue weighted by molar-refractivity contribution is -0.128. The summed E-state index contributed by atoms with van der Waals surface area (Å²) in [6, 6.07) is 9.34. The molecule has 2 aliphatic rings. The maximum absolute atomic E-state index is 12.9. The molecule has 0 radical (unpaired) electrons. The molecule has 3 rings (SSSR count). The number of hydrogen-bond acceptors (Lipinski definition) is 5. The van der Waals surface area contributed by atoms with E-state index in [1.165, 1.54) is 0 Å². The Bertz CT molecular complexity index is 858. The van der Waals surface area contributed by atoms with E-state index in [4.69, 9.17) is 9.53 Å². The number of cyclic esters (lactones) is 1. The predicted octanol–water partition coefficient (Wildman–Crippen LogP) is 3.48. The summed E-state index contributed by atoms with van der Waals surface area (Å²) in [4.78, 5) is 46.1. The fourth-order valence-corrected chi connectivity index (χ4v) is 4.66. The Labute approximate surface area is 208 Å². The summed E-state index contributed by atoms with van der Waals surface area (Å²) in [5, 5.41) is 8.64. The third kappa shape index (κ3) is 8.53. The molecule has 2 aliphatic heterocycles. The van der Waals surface area contributed by atoms with Crippen LogP contribution in [0.2, 0.25) is 0 Å². The Hall–Kier alpha value is -3.16. The minimum atomic E-state index is -0.672. The Balaban J connectivity index is 0.00000210. The molecular formula is C27H39N3O5. The number of alkyl carbamates (subject to hydrolysis) is 1. The molecule has 1 aromatic rings. The highest BCUT2D eigenvalue weighted by atomic mass is 16.5. The van der Waals surface area contributed by atoms with Crippen molar-refractivity contribution in [3.63, 3.8) is 0 Å². The highest BCUT2D eigenvalue weighted by molar-refractivity contribution is 5.86. The summed E-state index contributed by atoms with van der Waals surface area (Å²) >= 11 is 0. The van der Waals surface area contributed by atoms with E-state index in [0.717, 1.165) is 24.8 Å². The van der Waals surface area contributed by atoms with Crippen molar-refractivity contribution in [1.82, 2.24) is 16.0 Å². The molecule has 0 bridgehead atoms. The van der Waals surface area contributed by atoms with Crippen LogP contribution >= 0.6 is 0 Å². The Kier molecular flexibility index (Phi) is 11.5. The third-order valence-corrected chi connectivity index (χ3v) is 6.63. The average Bonchev–Trinajstić information content (AvgIpc) is 3.21. The van der Waals surface area contributed by atoms with Crippen LogP contribution in [0.4, 0.5) is 4.79 Å². The van der Waals surface area contributed by atoms with E-state index >= 15 is 0 Å². The highest BCUT2D eigenvalue weighted by Crippen LogP contribution is 2.35. The van der Waals surface area contributed by atoms with Crippen molar-refractivity contribution < 1.29 is 23.9 Å². The number of allylic oxidation sites excluding steroid dienone is 2. The zero-order valence-corrected chi connectivity index (χ0v) is 20.9. The second-order valence-electron chi connectivity index (χ2n) is 9.61. The maximum atomic E-state index is 12.9. The van der Waals surface area contributed by atoms with E-state index in [1.807, 2.05) is 51.0 Å². The average molecular weight is 486 g/mol. The molecule has 3 atom stereocenters. The molecule has 8 heteroatoms. The number of hydrogen-bond donors (Lipinski definition) is 3. The first-order valence-electron chi connectivity index (χ1n) is 12.4. The largest absolute Gasteiger partial charge is 0.449 e. The monoisotopic (exact) mass is 485 g/mol. The van der Waals surface area contributed by atoms with E-state index < -0.39 is 17.6 Å². The smallest absolute Gasteiger partial charge is 0.407 e. The van der Waals surface area contributed by atoms with Gasteiger partial charge in [0.05, 0.1) is 5.41 Å². The van der Waals surface area contributed by atoms with E-state index in [9.17, 15) is 14.4 Å². The van der Waals surface area contributed by atoms with Gasteiger partial charge in [-0.05, 0) is 50.0 Å². The van der Waals surface area contributed by atoms with Crippen molar-refractivity contribution in [2.75, 3.05) is 19.7 Å². The number of benzene rings is 1. The fraction of sp³-hybridized carbons (Fsp3) is 0.556. The minimum Gasteiger partial charge on any atom is -0.449 e. The highest BCUT2D eigenvalue weighted by Gasteiger charge is 2.41. The first-order chi connectivity index (χ1) is 16.9. The van der Waals surface area contributed by atoms with E-state index in [0.29, 0.717) is 32.4 Å². The van der Waals surface area contributed by atoms with Gasteiger partial charge in [0.15, 0.2) is 0 Å². The molecule has 0 aromatic heterocycles. The number of carbonyl (C=O) groups excluding carboxylic acids is 4. The van der Waals surface area contributed by atoms with Crippen LogP contribution in [-0.4, -0.2) is 50.4 Å². The van der Waals surface area contributed by atoms with Crippen molar-refractivity contribution in [3.8, 4) is 0 Å². The molecule has 1 spiro atoms. The van der Waals surface area contributed by atoms with Crippen molar-refractivity contribution in [2.24, 2.45) is 11.3 Å². The van der Waals surface area contributed by atoms with Crippen molar-refractivity contribution in [1.29, 1.82) is 0 Å². The Morgan fingerprint density at radius 2 is 1.71 bits per heavy atom. The van der Waals surface area contributed by atoms with Crippen LogP contribution in [0.5, 0.6) is 0 Å². The quantitative estimate of drug-likeness (QED) is 0.567. The third-order valence-electron chi connectivity index (χ3n) is 6.63. The number of amides is 3. The van der Waals surface area contributed by atoms with Crippen molar-refractivity contribution in [2.45, 2.75) is 64.3 Å². The number of carbonyl (C=O) groups is 4. The summed E-state index contributed by atoms with van der Waals surface area (Å²) in [5.74, 6) is 0.0954. The van der Waals surface area contributed by atoms with Gasteiger partial charge in [0.1, 0.15) is 19.4 Å². The number of nitrogens with one attached hydrogen (secondary N) is 3. The van der Waals surface area contributed by atoms with Crippen LogP contribution < -0.4 is 16.0 Å². The molecule has 192 valence electrons. The summed E-state index contributed by atoms with van der Waals surface area (Å²) in [6.45, 7) is 7.32. The van der Waals surface area contributed by atoms with Crippen LogP contribution in [0.1, 0.15) is 63.9 Å². The lowest BCUT2D eigenvalue weighted by Crippen LogP contribution is -2.48. The van der Waals surface area contributed by atoms with Gasteiger partial charge >= 0.3 is 6.09 Å². The lowest BCUT2D eigenvalue weighted by atomic mass is 9.79. The van der Waals surface area contributed by atoms with Gasteiger partial charge in [-0.25, -0.2) is 4.79 Å². The Morgan fingerprint density at radius 1 is 1.03 bits per heavy atom. The molecule has 1 saturated heterocycles. The molecule has 1 aromatic carbocycles. The van der Waals surface area contributed by atoms with Gasteiger partial charge in [-0.15, -0.1) is 0 Å². The second kappa shape index (κ2) is 14.3. The van der Waals surface area contributed by atoms with Gasteiger partial charge in [0.25, 0.3) is 0 Å². The van der Waals surface area contributed by atoms with Gasteiger partial charge in [0, 0.05) is 19.0 Å². The van der Waals surface area contributed by atoms with Crippen LogP contribution in [0.15, 0.2) is 42.5 Å². The van der Waals surface area contributed by atoms with Crippen LogP contribution in [0.3, 0.4) is 0 Å². The standard InChI is InChI=1S/C26H37N3O4.CH2O/c1-19(2)17-22-23(30)27-15-13-26(14-16-28-24(26)31)12-8-4-7-11-21(18-33-25(32)29-22)20-9-5-3-6-10-20;1-2/h3-6,8-10,19,21-22H,7,11-18H2,1-2H3,(H,27,30)(H,28,31)(H,29,32);1H2/b8-4+;. The van der Waals surface area contributed by atoms with Gasteiger partial charge in [0.2, 0.25) is 11.8 Å². The van der Waals surface area contributed by atoms with Crippen LogP contribution in [0, 0.1) is 11.3 Å². The van der Waals surface area contributed by atoms with Gasteiger partial charge in [-0.2, -0.15) is 0 Å². The molecule has 2 heterocycles. The van der Waals surface area contributed by atoms with Crippen molar-refractivity contribution >= 4 is 24.7 Å². The number of ether oxygens (including phenoxy) is 1. The van der Waals surface area contributed by atoms with Crippen LogP contribution in [0.25, 0.3) is 0 Å². The molecule has 0 aliphatic carbocycles. The fourth-order valence-electron chi connectivity index (χ4n) is 4.66. The minimum absolute atomic E-state index is 0.0515. The van der Waals surface area contributed by atoms with Gasteiger partial charge in [-0.1, -0.05) is 56.3 Å². The molecule has 3 N–H and O–H groups in total. The van der Waals surface area contributed by atoms with E-state index in [1.54, 1.807) is 0 Å². The first-order valence-corrected chi connectivity index (χ1v) is 12.4.